The predicted molar refractivity (Wildman–Crippen MR) is 98.9 cm³/mol. The van der Waals surface area contributed by atoms with Crippen LogP contribution >= 0.6 is 11.3 Å². The van der Waals surface area contributed by atoms with Gasteiger partial charge in [-0.05, 0) is 31.2 Å². The van der Waals surface area contributed by atoms with Gasteiger partial charge in [-0.3, -0.25) is 0 Å². The van der Waals surface area contributed by atoms with E-state index in [2.05, 4.69) is 33.0 Å². The molecule has 0 saturated carbocycles. The van der Waals surface area contributed by atoms with E-state index in [4.69, 9.17) is 4.98 Å². The van der Waals surface area contributed by atoms with E-state index in [1.165, 1.54) is 4.70 Å². The fourth-order valence-electron chi connectivity index (χ4n) is 2.97. The van der Waals surface area contributed by atoms with Gasteiger partial charge in [0.05, 0.1) is 22.0 Å². The summed E-state index contributed by atoms with van der Waals surface area (Å²) in [5.41, 5.74) is 1.80. The molecule has 24 heavy (non-hydrogen) atoms. The van der Waals surface area contributed by atoms with Gasteiger partial charge in [0.1, 0.15) is 5.82 Å². The molecule has 0 bridgehead atoms. The van der Waals surface area contributed by atoms with Crippen LogP contribution in [0.4, 0.5) is 10.9 Å². The molecule has 4 rings (SSSR count). The summed E-state index contributed by atoms with van der Waals surface area (Å²) >= 11 is 1.75. The number of para-hydroxylation sites is 1. The van der Waals surface area contributed by atoms with Gasteiger partial charge in [-0.2, -0.15) is 0 Å². The van der Waals surface area contributed by atoms with Crippen LogP contribution in [0.15, 0.2) is 42.5 Å². The molecule has 1 fully saturated rings. The van der Waals surface area contributed by atoms with Crippen molar-refractivity contribution < 1.29 is 5.11 Å². The monoisotopic (exact) mass is 340 g/mol. The number of benzene rings is 1. The highest BCUT2D eigenvalue weighted by Crippen LogP contribution is 2.29. The van der Waals surface area contributed by atoms with E-state index in [1.54, 1.807) is 18.3 Å². The lowest BCUT2D eigenvalue weighted by atomic mass is 10.2. The topological polar surface area (TPSA) is 52.5 Å². The standard InChI is InChI=1S/C18H20N4OS/c1-13(23)14-6-4-8-17(19-14)21-9-11-22(12-10-21)18-20-15-5-2-3-7-16(15)24-18/h2-8,13,23H,9-12H2,1H3. The van der Waals surface area contributed by atoms with E-state index >= 15 is 0 Å². The molecule has 2 aromatic heterocycles. The molecule has 1 aliphatic rings. The summed E-state index contributed by atoms with van der Waals surface area (Å²) in [4.78, 5) is 13.9. The molecule has 1 N–H and O–H groups in total. The smallest absolute Gasteiger partial charge is 0.186 e. The fourth-order valence-corrected chi connectivity index (χ4v) is 3.99. The second-order valence-corrected chi connectivity index (χ2v) is 7.04. The van der Waals surface area contributed by atoms with Crippen molar-refractivity contribution in [3.63, 3.8) is 0 Å². The van der Waals surface area contributed by atoms with E-state index in [0.29, 0.717) is 0 Å². The Kier molecular flexibility index (Phi) is 4.08. The number of hydrogen-bond donors (Lipinski definition) is 1. The Morgan fingerprint density at radius 3 is 2.46 bits per heavy atom. The zero-order valence-corrected chi connectivity index (χ0v) is 14.4. The maximum Gasteiger partial charge on any atom is 0.186 e. The summed E-state index contributed by atoms with van der Waals surface area (Å²) in [6.07, 6.45) is -0.533. The lowest BCUT2D eigenvalue weighted by Gasteiger charge is -2.35. The lowest BCUT2D eigenvalue weighted by Crippen LogP contribution is -2.46. The molecular weight excluding hydrogens is 320 g/mol. The maximum absolute atomic E-state index is 9.71. The normalized spacial score (nSPS) is 16.6. The Labute approximate surface area is 145 Å². The number of hydrogen-bond acceptors (Lipinski definition) is 6. The minimum absolute atomic E-state index is 0.533. The van der Waals surface area contributed by atoms with Gasteiger partial charge in [0, 0.05) is 26.2 Å². The van der Waals surface area contributed by atoms with Gasteiger partial charge in [0.2, 0.25) is 0 Å². The molecule has 0 radical (unpaired) electrons. The van der Waals surface area contributed by atoms with Crippen LogP contribution in [0.25, 0.3) is 10.2 Å². The molecule has 1 aromatic carbocycles. The maximum atomic E-state index is 9.71. The Hall–Kier alpha value is -2.18. The number of rotatable bonds is 3. The lowest BCUT2D eigenvalue weighted by molar-refractivity contribution is 0.194. The molecular formula is C18H20N4OS. The second-order valence-electron chi connectivity index (χ2n) is 6.03. The summed E-state index contributed by atoms with van der Waals surface area (Å²) in [6, 6.07) is 14.1. The van der Waals surface area contributed by atoms with Crippen molar-refractivity contribution in [1.29, 1.82) is 0 Å². The van der Waals surface area contributed by atoms with Crippen molar-refractivity contribution in [1.82, 2.24) is 9.97 Å². The van der Waals surface area contributed by atoms with Gasteiger partial charge in [-0.15, -0.1) is 0 Å². The van der Waals surface area contributed by atoms with E-state index < -0.39 is 6.10 Å². The predicted octanol–water partition coefficient (Wildman–Crippen LogP) is 3.07. The van der Waals surface area contributed by atoms with Crippen LogP contribution in [-0.2, 0) is 0 Å². The Balaban J connectivity index is 1.47. The van der Waals surface area contributed by atoms with Crippen LogP contribution in [-0.4, -0.2) is 41.3 Å². The highest BCUT2D eigenvalue weighted by molar-refractivity contribution is 7.22. The number of aromatic nitrogens is 2. The first-order valence-electron chi connectivity index (χ1n) is 8.21. The second kappa shape index (κ2) is 6.37. The summed E-state index contributed by atoms with van der Waals surface area (Å²) in [6.45, 7) is 5.43. The Bertz CT molecular complexity index is 807. The zero-order chi connectivity index (χ0) is 16.5. The van der Waals surface area contributed by atoms with Crippen LogP contribution in [0.2, 0.25) is 0 Å². The van der Waals surface area contributed by atoms with E-state index in [0.717, 1.165) is 48.3 Å². The molecule has 5 nitrogen and oxygen atoms in total. The summed E-state index contributed by atoms with van der Waals surface area (Å²) in [5, 5.41) is 10.8. The number of piperazine rings is 1. The SMILES string of the molecule is CC(O)c1cccc(N2CCN(c3nc4ccccc4s3)CC2)n1. The van der Waals surface area contributed by atoms with Crippen LogP contribution in [0.5, 0.6) is 0 Å². The van der Waals surface area contributed by atoms with E-state index in [9.17, 15) is 5.11 Å². The van der Waals surface area contributed by atoms with Crippen molar-refractivity contribution in [2.45, 2.75) is 13.0 Å². The highest BCUT2D eigenvalue weighted by atomic mass is 32.1. The highest BCUT2D eigenvalue weighted by Gasteiger charge is 2.21. The number of pyridine rings is 1. The molecule has 0 spiro atoms. The van der Waals surface area contributed by atoms with Gasteiger partial charge in [-0.1, -0.05) is 29.5 Å². The van der Waals surface area contributed by atoms with Gasteiger partial charge >= 0.3 is 0 Å². The molecule has 6 heteroatoms. The summed E-state index contributed by atoms with van der Waals surface area (Å²) in [7, 11) is 0. The van der Waals surface area contributed by atoms with Crippen molar-refractivity contribution in [3.05, 3.63) is 48.2 Å². The number of thiazole rings is 1. The van der Waals surface area contributed by atoms with E-state index in [-0.39, 0.29) is 0 Å². The van der Waals surface area contributed by atoms with Crippen LogP contribution in [0, 0.1) is 0 Å². The first kappa shape index (κ1) is 15.4. The van der Waals surface area contributed by atoms with Crippen molar-refractivity contribution in [3.8, 4) is 0 Å². The molecule has 1 atom stereocenters. The molecule has 1 aliphatic heterocycles. The third-order valence-electron chi connectivity index (χ3n) is 4.34. The molecule has 0 amide bonds. The minimum atomic E-state index is -0.533. The molecule has 0 aliphatic carbocycles. The average molecular weight is 340 g/mol. The summed E-state index contributed by atoms with van der Waals surface area (Å²) in [5.74, 6) is 0.942. The number of nitrogens with zero attached hydrogens (tertiary/aromatic N) is 4. The van der Waals surface area contributed by atoms with Gasteiger partial charge in [-0.25, -0.2) is 9.97 Å². The van der Waals surface area contributed by atoms with E-state index in [1.807, 2.05) is 24.3 Å². The number of aliphatic hydroxyl groups is 1. The molecule has 3 heterocycles. The Morgan fingerprint density at radius 1 is 0.958 bits per heavy atom. The first-order valence-corrected chi connectivity index (χ1v) is 9.03. The summed E-state index contributed by atoms with van der Waals surface area (Å²) < 4.78 is 1.24. The van der Waals surface area contributed by atoms with Crippen molar-refractivity contribution >= 4 is 32.5 Å². The van der Waals surface area contributed by atoms with Crippen LogP contribution in [0.1, 0.15) is 18.7 Å². The van der Waals surface area contributed by atoms with Crippen molar-refractivity contribution in [2.75, 3.05) is 36.0 Å². The average Bonchev–Trinajstić information content (AvgIpc) is 3.06. The molecule has 1 unspecified atom stereocenters. The fraction of sp³-hybridized carbons (Fsp3) is 0.333. The minimum Gasteiger partial charge on any atom is -0.387 e. The number of fused-ring (bicyclic) bond motifs is 1. The zero-order valence-electron chi connectivity index (χ0n) is 13.6. The van der Waals surface area contributed by atoms with Gasteiger partial charge in [0.15, 0.2) is 5.13 Å². The van der Waals surface area contributed by atoms with Gasteiger partial charge in [0.25, 0.3) is 0 Å². The quantitative estimate of drug-likeness (QED) is 0.794. The van der Waals surface area contributed by atoms with Crippen LogP contribution in [0.3, 0.4) is 0 Å². The molecule has 124 valence electrons. The number of aliphatic hydroxyl groups excluding tert-OH is 1. The van der Waals surface area contributed by atoms with Crippen LogP contribution < -0.4 is 9.80 Å². The van der Waals surface area contributed by atoms with Gasteiger partial charge < -0.3 is 14.9 Å². The number of anilines is 2. The first-order chi connectivity index (χ1) is 11.7. The third-order valence-corrected chi connectivity index (χ3v) is 5.44. The third kappa shape index (κ3) is 2.95. The molecule has 1 saturated heterocycles. The Morgan fingerprint density at radius 2 is 1.71 bits per heavy atom. The molecule has 3 aromatic rings. The largest absolute Gasteiger partial charge is 0.387 e. The van der Waals surface area contributed by atoms with Crippen molar-refractivity contribution in [2.24, 2.45) is 0 Å².